The fourth-order valence-electron chi connectivity index (χ4n) is 2.99. The summed E-state index contributed by atoms with van der Waals surface area (Å²) in [5.74, 6) is -0.147. The molecule has 6 heteroatoms. The Morgan fingerprint density at radius 3 is 2.82 bits per heavy atom. The van der Waals surface area contributed by atoms with Crippen molar-refractivity contribution in [3.8, 4) is 0 Å². The maximum absolute atomic E-state index is 12.6. The third-order valence-electron chi connectivity index (χ3n) is 4.26. The summed E-state index contributed by atoms with van der Waals surface area (Å²) in [4.78, 5) is 28.4. The van der Waals surface area contributed by atoms with Crippen LogP contribution in [-0.2, 0) is 14.3 Å². The number of benzene rings is 1. The number of morpholine rings is 1. The maximum Gasteiger partial charge on any atom is 0.253 e. The van der Waals surface area contributed by atoms with Crippen molar-refractivity contribution in [1.29, 1.82) is 0 Å². The van der Waals surface area contributed by atoms with E-state index in [9.17, 15) is 9.59 Å². The van der Waals surface area contributed by atoms with E-state index < -0.39 is 12.1 Å². The molecular weight excluding hydrogens is 282 g/mol. The topological polar surface area (TPSA) is 61.9 Å². The zero-order chi connectivity index (χ0) is 15.5. The number of anilines is 1. The molecule has 2 aliphatic rings. The highest BCUT2D eigenvalue weighted by molar-refractivity contribution is 6.01. The number of amides is 2. The number of nitrogens with one attached hydrogen (secondary N) is 1. The van der Waals surface area contributed by atoms with Gasteiger partial charge in [-0.3, -0.25) is 9.59 Å². The van der Waals surface area contributed by atoms with Gasteiger partial charge in [-0.1, -0.05) is 18.2 Å². The van der Waals surface area contributed by atoms with E-state index in [4.69, 9.17) is 4.74 Å². The van der Waals surface area contributed by atoms with Crippen LogP contribution < -0.4 is 10.2 Å². The van der Waals surface area contributed by atoms with Crippen LogP contribution >= 0.6 is 0 Å². The third-order valence-corrected chi connectivity index (χ3v) is 4.26. The SMILES string of the molecule is CN(C(=O)C1CNCCO1)C1CCN(c2ccccc2)C1=O. The Labute approximate surface area is 130 Å². The summed E-state index contributed by atoms with van der Waals surface area (Å²) >= 11 is 0. The molecule has 2 amide bonds. The van der Waals surface area contributed by atoms with Crippen molar-refractivity contribution in [1.82, 2.24) is 10.2 Å². The molecule has 3 rings (SSSR count). The monoisotopic (exact) mass is 303 g/mol. The minimum atomic E-state index is -0.489. The van der Waals surface area contributed by atoms with Gasteiger partial charge in [-0.25, -0.2) is 0 Å². The molecule has 0 aromatic heterocycles. The third kappa shape index (κ3) is 2.84. The lowest BCUT2D eigenvalue weighted by Crippen LogP contribution is -2.52. The zero-order valence-electron chi connectivity index (χ0n) is 12.7. The normalized spacial score (nSPS) is 25.3. The molecule has 2 atom stereocenters. The molecule has 0 spiro atoms. The van der Waals surface area contributed by atoms with Crippen molar-refractivity contribution in [2.75, 3.05) is 38.2 Å². The lowest BCUT2D eigenvalue weighted by atomic mass is 10.2. The molecule has 2 aliphatic heterocycles. The van der Waals surface area contributed by atoms with Crippen molar-refractivity contribution in [3.05, 3.63) is 30.3 Å². The van der Waals surface area contributed by atoms with Crippen LogP contribution in [0.25, 0.3) is 0 Å². The van der Waals surface area contributed by atoms with Crippen LogP contribution in [0.4, 0.5) is 5.69 Å². The van der Waals surface area contributed by atoms with Gasteiger partial charge in [0.15, 0.2) is 0 Å². The first-order valence-corrected chi connectivity index (χ1v) is 7.64. The number of rotatable bonds is 3. The van der Waals surface area contributed by atoms with E-state index in [0.717, 1.165) is 12.2 Å². The highest BCUT2D eigenvalue weighted by Gasteiger charge is 2.39. The minimum absolute atomic E-state index is 0.0224. The van der Waals surface area contributed by atoms with Gasteiger partial charge < -0.3 is 19.9 Å². The molecule has 118 valence electrons. The number of carbonyl (C=O) groups is 2. The van der Waals surface area contributed by atoms with E-state index in [1.807, 2.05) is 30.3 Å². The van der Waals surface area contributed by atoms with Gasteiger partial charge in [0.2, 0.25) is 5.91 Å². The molecule has 0 saturated carbocycles. The predicted octanol–water partition coefficient (Wildman–Crippen LogP) is 0.239. The molecule has 2 saturated heterocycles. The Bertz CT molecular complexity index is 543. The molecule has 2 fully saturated rings. The highest BCUT2D eigenvalue weighted by Crippen LogP contribution is 2.24. The van der Waals surface area contributed by atoms with Gasteiger partial charge in [-0.2, -0.15) is 0 Å². The average Bonchev–Trinajstić information content (AvgIpc) is 2.96. The molecule has 6 nitrogen and oxygen atoms in total. The van der Waals surface area contributed by atoms with E-state index in [0.29, 0.717) is 26.1 Å². The van der Waals surface area contributed by atoms with Gasteiger partial charge >= 0.3 is 0 Å². The Balaban J connectivity index is 1.67. The summed E-state index contributed by atoms with van der Waals surface area (Å²) in [5, 5.41) is 3.14. The van der Waals surface area contributed by atoms with Crippen LogP contribution in [0.1, 0.15) is 6.42 Å². The van der Waals surface area contributed by atoms with Crippen LogP contribution in [0.5, 0.6) is 0 Å². The first-order chi connectivity index (χ1) is 10.7. The van der Waals surface area contributed by atoms with E-state index in [1.165, 1.54) is 0 Å². The van der Waals surface area contributed by atoms with Crippen LogP contribution in [0.3, 0.4) is 0 Å². The lowest BCUT2D eigenvalue weighted by molar-refractivity contribution is -0.148. The second kappa shape index (κ2) is 6.46. The van der Waals surface area contributed by atoms with Crippen LogP contribution in [0.2, 0.25) is 0 Å². The Hall–Kier alpha value is -1.92. The second-order valence-electron chi connectivity index (χ2n) is 5.64. The smallest absolute Gasteiger partial charge is 0.253 e. The van der Waals surface area contributed by atoms with E-state index in [2.05, 4.69) is 5.32 Å². The summed E-state index contributed by atoms with van der Waals surface area (Å²) in [6.45, 7) is 2.43. The predicted molar refractivity (Wildman–Crippen MR) is 82.6 cm³/mol. The van der Waals surface area contributed by atoms with Crippen LogP contribution in [-0.4, -0.2) is 62.1 Å². The minimum Gasteiger partial charge on any atom is -0.366 e. The quantitative estimate of drug-likeness (QED) is 0.869. The molecule has 1 aromatic rings. The fraction of sp³-hybridized carbons (Fsp3) is 0.500. The number of likely N-dealkylation sites (N-methyl/N-ethyl adjacent to an activating group) is 1. The molecule has 0 aliphatic carbocycles. The van der Waals surface area contributed by atoms with Crippen molar-refractivity contribution >= 4 is 17.5 Å². The van der Waals surface area contributed by atoms with E-state index >= 15 is 0 Å². The fourth-order valence-corrected chi connectivity index (χ4v) is 2.99. The van der Waals surface area contributed by atoms with Crippen LogP contribution in [0.15, 0.2) is 30.3 Å². The Kier molecular flexibility index (Phi) is 4.40. The molecule has 2 unspecified atom stereocenters. The summed E-state index contributed by atoms with van der Waals surface area (Å²) < 4.78 is 5.49. The van der Waals surface area contributed by atoms with Crippen molar-refractivity contribution < 1.29 is 14.3 Å². The molecule has 1 N–H and O–H groups in total. The second-order valence-corrected chi connectivity index (χ2v) is 5.64. The molecule has 1 aromatic carbocycles. The van der Waals surface area contributed by atoms with E-state index in [-0.39, 0.29) is 11.8 Å². The van der Waals surface area contributed by atoms with E-state index in [1.54, 1.807) is 16.8 Å². The van der Waals surface area contributed by atoms with Gasteiger partial charge in [-0.15, -0.1) is 0 Å². The van der Waals surface area contributed by atoms with Crippen molar-refractivity contribution in [3.63, 3.8) is 0 Å². The van der Waals surface area contributed by atoms with Crippen molar-refractivity contribution in [2.45, 2.75) is 18.6 Å². The van der Waals surface area contributed by atoms with Gasteiger partial charge in [0.25, 0.3) is 5.91 Å². The summed E-state index contributed by atoms with van der Waals surface area (Å²) in [5.41, 5.74) is 0.881. The maximum atomic E-state index is 12.6. The molecule has 0 radical (unpaired) electrons. The van der Waals surface area contributed by atoms with Gasteiger partial charge in [0, 0.05) is 32.4 Å². The largest absolute Gasteiger partial charge is 0.366 e. The molecule has 2 heterocycles. The summed E-state index contributed by atoms with van der Waals surface area (Å²) in [6, 6.07) is 9.16. The number of nitrogens with zero attached hydrogens (tertiary/aromatic N) is 2. The number of hydrogen-bond acceptors (Lipinski definition) is 4. The average molecular weight is 303 g/mol. The highest BCUT2D eigenvalue weighted by atomic mass is 16.5. The first kappa shape index (κ1) is 15.0. The zero-order valence-corrected chi connectivity index (χ0v) is 12.7. The standard InChI is InChI=1S/C16H21N3O3/c1-18(16(21)14-11-17-8-10-22-14)13-7-9-19(15(13)20)12-5-3-2-4-6-12/h2-6,13-14,17H,7-11H2,1H3. The van der Waals surface area contributed by atoms with Gasteiger partial charge in [0.05, 0.1) is 6.61 Å². The Morgan fingerprint density at radius 1 is 1.36 bits per heavy atom. The molecule has 0 bridgehead atoms. The molecular formula is C16H21N3O3. The number of carbonyl (C=O) groups excluding carboxylic acids is 2. The van der Waals surface area contributed by atoms with Gasteiger partial charge in [0.1, 0.15) is 12.1 Å². The van der Waals surface area contributed by atoms with Crippen molar-refractivity contribution in [2.24, 2.45) is 0 Å². The molecule has 22 heavy (non-hydrogen) atoms. The number of para-hydroxylation sites is 1. The number of ether oxygens (including phenoxy) is 1. The lowest BCUT2D eigenvalue weighted by Gasteiger charge is -2.30. The summed E-state index contributed by atoms with van der Waals surface area (Å²) in [7, 11) is 1.69. The first-order valence-electron chi connectivity index (χ1n) is 7.64. The Morgan fingerprint density at radius 2 is 2.14 bits per heavy atom. The van der Waals surface area contributed by atoms with Crippen LogP contribution in [0, 0.1) is 0 Å². The summed E-state index contributed by atoms with van der Waals surface area (Å²) in [6.07, 6.45) is 0.160. The number of hydrogen-bond donors (Lipinski definition) is 1. The van der Waals surface area contributed by atoms with Gasteiger partial charge in [-0.05, 0) is 18.6 Å².